The molecule has 1 amide bonds. The molecule has 1 aliphatic heterocycles. The molecule has 0 bridgehead atoms. The van der Waals surface area contributed by atoms with E-state index in [-0.39, 0.29) is 23.1 Å². The highest BCUT2D eigenvalue weighted by atomic mass is 79.9. The third-order valence-electron chi connectivity index (χ3n) is 5.09. The number of furan rings is 1. The average Bonchev–Trinajstić information content (AvgIpc) is 3.09. The zero-order chi connectivity index (χ0) is 21.3. The second-order valence-corrected chi connectivity index (χ2v) is 9.89. The first-order valence-corrected chi connectivity index (χ1v) is 11.7. The Bertz CT molecular complexity index is 1180. The summed E-state index contributed by atoms with van der Waals surface area (Å²) in [6, 6.07) is 12.1. The van der Waals surface area contributed by atoms with Crippen molar-refractivity contribution in [1.82, 2.24) is 9.62 Å². The molecule has 7 nitrogen and oxygen atoms in total. The van der Waals surface area contributed by atoms with Crippen molar-refractivity contribution in [2.24, 2.45) is 0 Å². The van der Waals surface area contributed by atoms with E-state index in [2.05, 4.69) is 21.2 Å². The van der Waals surface area contributed by atoms with Crippen LogP contribution in [0.5, 0.6) is 0 Å². The molecule has 0 aliphatic carbocycles. The summed E-state index contributed by atoms with van der Waals surface area (Å²) in [6.07, 6.45) is 0. The van der Waals surface area contributed by atoms with Crippen molar-refractivity contribution in [1.29, 1.82) is 0 Å². The first-order chi connectivity index (χ1) is 14.4. The molecule has 0 atom stereocenters. The van der Waals surface area contributed by atoms with Gasteiger partial charge in [-0.1, -0.05) is 28.1 Å². The van der Waals surface area contributed by atoms with Gasteiger partial charge in [0.15, 0.2) is 5.76 Å². The number of ether oxygens (including phenoxy) is 1. The van der Waals surface area contributed by atoms with Crippen molar-refractivity contribution in [3.05, 3.63) is 63.8 Å². The van der Waals surface area contributed by atoms with Crippen molar-refractivity contribution in [3.63, 3.8) is 0 Å². The van der Waals surface area contributed by atoms with Crippen LogP contribution in [-0.4, -0.2) is 44.9 Å². The lowest BCUT2D eigenvalue weighted by Gasteiger charge is -2.26. The number of morpholine rings is 1. The SMILES string of the molecule is Cc1c(C(=O)NCc2ccc(S(=O)(=O)N3CCOCC3)cc2)oc2ccc(Br)cc12. The number of nitrogens with zero attached hydrogens (tertiary/aromatic N) is 1. The lowest BCUT2D eigenvalue weighted by molar-refractivity contribution is 0.0730. The standard InChI is InChI=1S/C21H21BrN2O5S/c1-14-18-12-16(22)4-7-19(18)29-20(14)21(25)23-13-15-2-5-17(6-3-15)30(26,27)24-8-10-28-11-9-24/h2-7,12H,8-11,13H2,1H3,(H,23,25). The zero-order valence-corrected chi connectivity index (χ0v) is 18.8. The lowest BCUT2D eigenvalue weighted by Crippen LogP contribution is -2.40. The van der Waals surface area contributed by atoms with Gasteiger partial charge in [-0.3, -0.25) is 4.79 Å². The Morgan fingerprint density at radius 1 is 1.13 bits per heavy atom. The monoisotopic (exact) mass is 492 g/mol. The van der Waals surface area contributed by atoms with Crippen molar-refractivity contribution in [2.45, 2.75) is 18.4 Å². The van der Waals surface area contributed by atoms with Crippen LogP contribution in [0.1, 0.15) is 21.7 Å². The van der Waals surface area contributed by atoms with Gasteiger partial charge in [0.1, 0.15) is 5.58 Å². The number of halogens is 1. The van der Waals surface area contributed by atoms with Crippen LogP contribution in [0.3, 0.4) is 0 Å². The molecular formula is C21H21BrN2O5S. The average molecular weight is 493 g/mol. The topological polar surface area (TPSA) is 88.9 Å². The van der Waals surface area contributed by atoms with Gasteiger partial charge in [-0.15, -0.1) is 0 Å². The van der Waals surface area contributed by atoms with Crippen molar-refractivity contribution >= 4 is 42.8 Å². The Labute approximate surface area is 183 Å². The van der Waals surface area contributed by atoms with E-state index in [1.807, 2.05) is 25.1 Å². The van der Waals surface area contributed by atoms with Gasteiger partial charge in [0.05, 0.1) is 18.1 Å². The fourth-order valence-electron chi connectivity index (χ4n) is 3.39. The molecule has 0 saturated carbocycles. The number of hydrogen-bond donors (Lipinski definition) is 1. The number of benzene rings is 2. The summed E-state index contributed by atoms with van der Waals surface area (Å²) in [5.41, 5.74) is 2.22. The van der Waals surface area contributed by atoms with E-state index >= 15 is 0 Å². The molecule has 1 aliphatic rings. The van der Waals surface area contributed by atoms with Gasteiger partial charge in [-0.05, 0) is 42.8 Å². The third kappa shape index (κ3) is 4.15. The molecule has 9 heteroatoms. The second kappa shape index (κ2) is 8.50. The predicted octanol–water partition coefficient (Wildman–Crippen LogP) is 3.45. The molecule has 2 heterocycles. The molecule has 3 aromatic rings. The second-order valence-electron chi connectivity index (χ2n) is 7.04. The number of carbonyl (C=O) groups excluding carboxylic acids is 1. The number of fused-ring (bicyclic) bond motifs is 1. The maximum absolute atomic E-state index is 12.7. The number of hydrogen-bond acceptors (Lipinski definition) is 5. The summed E-state index contributed by atoms with van der Waals surface area (Å²) >= 11 is 3.42. The minimum atomic E-state index is -3.53. The molecule has 1 saturated heterocycles. The van der Waals surface area contributed by atoms with Gasteiger partial charge in [-0.25, -0.2) is 8.42 Å². The third-order valence-corrected chi connectivity index (χ3v) is 7.49. The van der Waals surface area contributed by atoms with Crippen molar-refractivity contribution in [3.8, 4) is 0 Å². The molecule has 1 aromatic heterocycles. The highest BCUT2D eigenvalue weighted by Gasteiger charge is 2.26. The highest BCUT2D eigenvalue weighted by Crippen LogP contribution is 2.28. The van der Waals surface area contributed by atoms with Crippen LogP contribution in [0.15, 0.2) is 56.2 Å². The normalized spacial score (nSPS) is 15.4. The molecular weight excluding hydrogens is 472 g/mol. The van der Waals surface area contributed by atoms with Gasteiger partial charge < -0.3 is 14.5 Å². The van der Waals surface area contributed by atoms with Crippen LogP contribution in [0.4, 0.5) is 0 Å². The molecule has 1 N–H and O–H groups in total. The highest BCUT2D eigenvalue weighted by molar-refractivity contribution is 9.10. The molecule has 158 valence electrons. The van der Waals surface area contributed by atoms with E-state index in [1.165, 1.54) is 4.31 Å². The molecule has 4 rings (SSSR count). The quantitative estimate of drug-likeness (QED) is 0.588. The summed E-state index contributed by atoms with van der Waals surface area (Å²) < 4.78 is 38.6. The largest absolute Gasteiger partial charge is 0.451 e. The molecule has 1 fully saturated rings. The van der Waals surface area contributed by atoms with E-state index in [0.717, 1.165) is 21.0 Å². The maximum atomic E-state index is 12.7. The van der Waals surface area contributed by atoms with Crippen LogP contribution in [-0.2, 0) is 21.3 Å². The fourth-order valence-corrected chi connectivity index (χ4v) is 5.16. The molecule has 2 aromatic carbocycles. The fraction of sp³-hybridized carbons (Fsp3) is 0.286. The molecule has 30 heavy (non-hydrogen) atoms. The summed E-state index contributed by atoms with van der Waals surface area (Å²) in [5, 5.41) is 3.71. The Balaban J connectivity index is 1.44. The van der Waals surface area contributed by atoms with Gasteiger partial charge in [-0.2, -0.15) is 4.31 Å². The van der Waals surface area contributed by atoms with E-state index in [0.29, 0.717) is 31.9 Å². The number of amides is 1. The minimum absolute atomic E-state index is 0.234. The minimum Gasteiger partial charge on any atom is -0.451 e. The number of aryl methyl sites for hydroxylation is 1. The van der Waals surface area contributed by atoms with Gasteiger partial charge in [0.2, 0.25) is 10.0 Å². The van der Waals surface area contributed by atoms with E-state index < -0.39 is 10.0 Å². The summed E-state index contributed by atoms with van der Waals surface area (Å²) in [5.74, 6) is -0.0422. The van der Waals surface area contributed by atoms with Crippen molar-refractivity contribution in [2.75, 3.05) is 26.3 Å². The van der Waals surface area contributed by atoms with E-state index in [1.54, 1.807) is 24.3 Å². The Kier molecular flexibility index (Phi) is 5.97. The summed E-state index contributed by atoms with van der Waals surface area (Å²) in [6.45, 7) is 3.62. The van der Waals surface area contributed by atoms with Gasteiger partial charge in [0.25, 0.3) is 5.91 Å². The summed E-state index contributed by atoms with van der Waals surface area (Å²) in [4.78, 5) is 12.8. The van der Waals surface area contributed by atoms with Crippen molar-refractivity contribution < 1.29 is 22.4 Å². The Morgan fingerprint density at radius 2 is 1.83 bits per heavy atom. The number of sulfonamides is 1. The van der Waals surface area contributed by atoms with Crippen LogP contribution in [0, 0.1) is 6.92 Å². The smallest absolute Gasteiger partial charge is 0.287 e. The number of rotatable bonds is 5. The van der Waals surface area contributed by atoms with Crippen LogP contribution >= 0.6 is 15.9 Å². The first-order valence-electron chi connectivity index (χ1n) is 9.50. The lowest BCUT2D eigenvalue weighted by atomic mass is 10.1. The first kappa shape index (κ1) is 21.0. The molecule has 0 spiro atoms. The predicted molar refractivity (Wildman–Crippen MR) is 116 cm³/mol. The Hall–Kier alpha value is -2.20. The van der Waals surface area contributed by atoms with Crippen LogP contribution in [0.2, 0.25) is 0 Å². The molecule has 0 radical (unpaired) electrons. The van der Waals surface area contributed by atoms with Gasteiger partial charge >= 0.3 is 0 Å². The maximum Gasteiger partial charge on any atom is 0.287 e. The van der Waals surface area contributed by atoms with Crippen LogP contribution in [0.25, 0.3) is 11.0 Å². The molecule has 0 unspecified atom stereocenters. The zero-order valence-electron chi connectivity index (χ0n) is 16.4. The Morgan fingerprint density at radius 3 is 2.53 bits per heavy atom. The van der Waals surface area contributed by atoms with E-state index in [4.69, 9.17) is 9.15 Å². The number of carbonyl (C=O) groups is 1. The van der Waals surface area contributed by atoms with Gasteiger partial charge in [0, 0.05) is 35.1 Å². The van der Waals surface area contributed by atoms with Crippen LogP contribution < -0.4 is 5.32 Å². The summed E-state index contributed by atoms with van der Waals surface area (Å²) in [7, 11) is -3.53. The number of nitrogens with one attached hydrogen (secondary N) is 1. The van der Waals surface area contributed by atoms with E-state index in [9.17, 15) is 13.2 Å².